The summed E-state index contributed by atoms with van der Waals surface area (Å²) in [6.07, 6.45) is 1.73. The molecule has 146 valence electrons. The second-order valence-corrected chi connectivity index (χ2v) is 7.25. The Bertz CT molecular complexity index is 1180. The summed E-state index contributed by atoms with van der Waals surface area (Å²) < 4.78 is 7.28. The van der Waals surface area contributed by atoms with Crippen molar-refractivity contribution in [2.45, 2.75) is 20.4 Å². The van der Waals surface area contributed by atoms with Crippen molar-refractivity contribution in [2.75, 3.05) is 5.32 Å². The number of hydrogen-bond donors (Lipinski definition) is 1. The minimum absolute atomic E-state index is 0.0713. The summed E-state index contributed by atoms with van der Waals surface area (Å²) in [5.74, 6) is 0.735. The molecule has 0 unspecified atom stereocenters. The molecule has 0 spiro atoms. The lowest BCUT2D eigenvalue weighted by Gasteiger charge is -2.02. The number of amides is 1. The molecule has 0 aliphatic rings. The van der Waals surface area contributed by atoms with Gasteiger partial charge in [-0.15, -0.1) is 11.3 Å². The Morgan fingerprint density at radius 1 is 1.17 bits per heavy atom. The Hall–Kier alpha value is -3.59. The number of hydrogen-bond acceptors (Lipinski definition) is 7. The molecule has 0 atom stereocenters. The first-order chi connectivity index (χ1) is 14.0. The Morgan fingerprint density at radius 2 is 1.97 bits per heavy atom. The molecule has 1 amide bonds. The van der Waals surface area contributed by atoms with E-state index in [1.54, 1.807) is 29.2 Å². The number of nitrogens with zero attached hydrogens (tertiary/aromatic N) is 4. The third-order valence-corrected chi connectivity index (χ3v) is 4.91. The van der Waals surface area contributed by atoms with Gasteiger partial charge in [0.15, 0.2) is 28.9 Å². The fourth-order valence-corrected chi connectivity index (χ4v) is 3.57. The van der Waals surface area contributed by atoms with Gasteiger partial charge in [0.05, 0.1) is 6.54 Å². The van der Waals surface area contributed by atoms with Crippen LogP contribution in [0.3, 0.4) is 0 Å². The van der Waals surface area contributed by atoms with Crippen LogP contribution in [0, 0.1) is 6.92 Å². The Balaban J connectivity index is 1.49. The molecular formula is C20H17N5O3S. The minimum Gasteiger partial charge on any atom is -0.440 e. The summed E-state index contributed by atoms with van der Waals surface area (Å²) in [5.41, 5.74) is 1.42. The number of Topliss-reactive ketones (excluding diaryl/α,β-unsaturated/α-hetero) is 1. The number of carbonyl (C=O) groups excluding carboxylic acids is 2. The van der Waals surface area contributed by atoms with Crippen LogP contribution in [0.1, 0.15) is 38.8 Å². The molecule has 0 aliphatic heterocycles. The van der Waals surface area contributed by atoms with Crippen molar-refractivity contribution in [2.24, 2.45) is 0 Å². The predicted octanol–water partition coefficient (Wildman–Crippen LogP) is 3.81. The maximum absolute atomic E-state index is 12.7. The van der Waals surface area contributed by atoms with Crippen LogP contribution >= 0.6 is 11.3 Å². The van der Waals surface area contributed by atoms with Crippen molar-refractivity contribution in [1.29, 1.82) is 0 Å². The van der Waals surface area contributed by atoms with Crippen LogP contribution < -0.4 is 5.32 Å². The first kappa shape index (κ1) is 18.8. The maximum Gasteiger partial charge on any atom is 0.279 e. The first-order valence-corrected chi connectivity index (χ1v) is 9.70. The molecule has 0 aliphatic carbocycles. The minimum atomic E-state index is -0.404. The van der Waals surface area contributed by atoms with E-state index in [-0.39, 0.29) is 11.5 Å². The largest absolute Gasteiger partial charge is 0.440 e. The van der Waals surface area contributed by atoms with Crippen molar-refractivity contribution >= 4 is 28.8 Å². The van der Waals surface area contributed by atoms with E-state index in [1.165, 1.54) is 18.3 Å². The standard InChI is InChI=1S/C20H17N5O3S/c1-12(26)15-11-29-17(22-15)10-25-9-8-16(24-25)23-20(27)18-19(28-13(2)21-18)14-6-4-3-5-7-14/h3-9,11H,10H2,1-2H3,(H,23,24,27). The number of thiazole rings is 1. The predicted molar refractivity (Wildman–Crippen MR) is 108 cm³/mol. The molecule has 0 fully saturated rings. The van der Waals surface area contributed by atoms with Gasteiger partial charge in [-0.25, -0.2) is 9.97 Å². The zero-order chi connectivity index (χ0) is 20.4. The molecule has 1 N–H and O–H groups in total. The van der Waals surface area contributed by atoms with Gasteiger partial charge < -0.3 is 9.73 Å². The van der Waals surface area contributed by atoms with Gasteiger partial charge in [0, 0.05) is 37.1 Å². The molecule has 4 aromatic rings. The average Bonchev–Trinajstić information content (AvgIpc) is 3.43. The van der Waals surface area contributed by atoms with E-state index in [9.17, 15) is 9.59 Å². The molecule has 0 saturated heterocycles. The zero-order valence-electron chi connectivity index (χ0n) is 15.7. The molecule has 8 nitrogen and oxygen atoms in total. The van der Waals surface area contributed by atoms with Crippen LogP contribution in [0.25, 0.3) is 11.3 Å². The molecule has 4 rings (SSSR count). The van der Waals surface area contributed by atoms with E-state index < -0.39 is 5.91 Å². The van der Waals surface area contributed by atoms with Gasteiger partial charge in [-0.2, -0.15) is 5.10 Å². The number of aryl methyl sites for hydroxylation is 1. The van der Waals surface area contributed by atoms with E-state index in [0.29, 0.717) is 29.7 Å². The number of nitrogens with one attached hydrogen (secondary N) is 1. The SMILES string of the molecule is CC(=O)c1csc(Cn2ccc(NC(=O)c3nc(C)oc3-c3ccccc3)n2)n1. The summed E-state index contributed by atoms with van der Waals surface area (Å²) in [4.78, 5) is 32.6. The van der Waals surface area contributed by atoms with Gasteiger partial charge in [0.1, 0.15) is 10.7 Å². The molecule has 1 aromatic carbocycles. The zero-order valence-corrected chi connectivity index (χ0v) is 16.6. The Morgan fingerprint density at radius 3 is 2.69 bits per heavy atom. The van der Waals surface area contributed by atoms with Gasteiger partial charge in [0.25, 0.3) is 5.91 Å². The lowest BCUT2D eigenvalue weighted by atomic mass is 10.1. The molecule has 3 heterocycles. The van der Waals surface area contributed by atoms with Crippen LogP contribution in [0.4, 0.5) is 5.82 Å². The van der Waals surface area contributed by atoms with E-state index >= 15 is 0 Å². The van der Waals surface area contributed by atoms with Gasteiger partial charge in [-0.1, -0.05) is 30.3 Å². The third kappa shape index (κ3) is 4.14. The summed E-state index contributed by atoms with van der Waals surface area (Å²) in [7, 11) is 0. The molecule has 9 heteroatoms. The van der Waals surface area contributed by atoms with Crippen LogP contribution in [0.2, 0.25) is 0 Å². The first-order valence-electron chi connectivity index (χ1n) is 8.82. The number of anilines is 1. The summed E-state index contributed by atoms with van der Waals surface area (Å²) in [6, 6.07) is 11.0. The van der Waals surface area contributed by atoms with Gasteiger partial charge in [0.2, 0.25) is 0 Å². The quantitative estimate of drug-likeness (QED) is 0.488. The average molecular weight is 407 g/mol. The topological polar surface area (TPSA) is 103 Å². The number of carbonyl (C=O) groups is 2. The van der Waals surface area contributed by atoms with E-state index in [1.807, 2.05) is 30.3 Å². The van der Waals surface area contributed by atoms with Crippen molar-refractivity contribution in [3.8, 4) is 11.3 Å². The highest BCUT2D eigenvalue weighted by molar-refractivity contribution is 7.09. The van der Waals surface area contributed by atoms with Crippen LogP contribution in [0.15, 0.2) is 52.4 Å². The highest BCUT2D eigenvalue weighted by Gasteiger charge is 2.21. The number of rotatable bonds is 6. The molecule has 0 saturated carbocycles. The normalized spacial score (nSPS) is 10.8. The number of oxazole rings is 1. The Labute approximate surface area is 170 Å². The molecule has 3 aromatic heterocycles. The fraction of sp³-hybridized carbons (Fsp3) is 0.150. The van der Waals surface area contributed by atoms with E-state index in [4.69, 9.17) is 4.42 Å². The van der Waals surface area contributed by atoms with Gasteiger partial charge >= 0.3 is 0 Å². The van der Waals surface area contributed by atoms with Gasteiger partial charge in [-0.3, -0.25) is 14.3 Å². The van der Waals surface area contributed by atoms with Crippen LogP contribution in [0.5, 0.6) is 0 Å². The summed E-state index contributed by atoms with van der Waals surface area (Å²) >= 11 is 1.39. The van der Waals surface area contributed by atoms with Crippen LogP contribution in [-0.4, -0.2) is 31.4 Å². The fourth-order valence-electron chi connectivity index (χ4n) is 2.74. The van der Waals surface area contributed by atoms with Crippen LogP contribution in [-0.2, 0) is 6.54 Å². The molecule has 0 radical (unpaired) electrons. The second-order valence-electron chi connectivity index (χ2n) is 6.31. The lowest BCUT2D eigenvalue weighted by Crippen LogP contribution is -2.14. The summed E-state index contributed by atoms with van der Waals surface area (Å²) in [5, 5.41) is 9.57. The van der Waals surface area contributed by atoms with Crippen molar-refractivity contribution in [3.05, 3.63) is 70.3 Å². The smallest absolute Gasteiger partial charge is 0.279 e. The van der Waals surface area contributed by atoms with Crippen molar-refractivity contribution in [3.63, 3.8) is 0 Å². The van der Waals surface area contributed by atoms with Gasteiger partial charge in [-0.05, 0) is 0 Å². The number of aromatic nitrogens is 4. The molecule has 0 bridgehead atoms. The van der Waals surface area contributed by atoms with Crippen molar-refractivity contribution in [1.82, 2.24) is 19.7 Å². The summed E-state index contributed by atoms with van der Waals surface area (Å²) in [6.45, 7) is 3.59. The maximum atomic E-state index is 12.7. The van der Waals surface area contributed by atoms with Crippen molar-refractivity contribution < 1.29 is 14.0 Å². The number of benzene rings is 1. The Kier molecular flexibility index (Phi) is 5.05. The van der Waals surface area contributed by atoms with E-state index in [0.717, 1.165) is 10.6 Å². The highest BCUT2D eigenvalue weighted by Crippen LogP contribution is 2.25. The monoisotopic (exact) mass is 407 g/mol. The molecular weight excluding hydrogens is 390 g/mol. The number of ketones is 1. The highest BCUT2D eigenvalue weighted by atomic mass is 32.1. The van der Waals surface area contributed by atoms with E-state index in [2.05, 4.69) is 20.4 Å². The third-order valence-electron chi connectivity index (χ3n) is 4.08. The lowest BCUT2D eigenvalue weighted by molar-refractivity contribution is 0.100. The molecule has 29 heavy (non-hydrogen) atoms. The second kappa shape index (κ2) is 7.80.